The van der Waals surface area contributed by atoms with Gasteiger partial charge in [0.1, 0.15) is 12.2 Å². The van der Waals surface area contributed by atoms with Crippen LogP contribution in [0.5, 0.6) is 0 Å². The Morgan fingerprint density at radius 2 is 2.32 bits per heavy atom. The number of nitrogens with zero attached hydrogens (tertiary/aromatic N) is 4. The van der Waals surface area contributed by atoms with Crippen molar-refractivity contribution in [3.63, 3.8) is 0 Å². The van der Waals surface area contributed by atoms with Crippen molar-refractivity contribution in [3.8, 4) is 0 Å². The summed E-state index contributed by atoms with van der Waals surface area (Å²) in [7, 11) is 0. The number of rotatable bonds is 5. The molecule has 0 aromatic heterocycles. The maximum Gasteiger partial charge on any atom is 0.410 e. The summed E-state index contributed by atoms with van der Waals surface area (Å²) in [5.74, 6) is 0. The maximum atomic E-state index is 12.2. The fourth-order valence-corrected chi connectivity index (χ4v) is 2.93. The van der Waals surface area contributed by atoms with Crippen molar-refractivity contribution < 1.29 is 14.3 Å². The van der Waals surface area contributed by atoms with Crippen LogP contribution in [0.3, 0.4) is 0 Å². The maximum absolute atomic E-state index is 12.2. The van der Waals surface area contributed by atoms with Gasteiger partial charge in [-0.15, -0.1) is 0 Å². The largest absolute Gasteiger partial charge is 0.445 e. The zero-order chi connectivity index (χ0) is 15.4. The first-order chi connectivity index (χ1) is 10.7. The molecule has 2 fully saturated rings. The number of hydrogen-bond acceptors (Lipinski definition) is 4. The van der Waals surface area contributed by atoms with Gasteiger partial charge >= 0.3 is 6.09 Å². The molecule has 2 saturated heterocycles. The summed E-state index contributed by atoms with van der Waals surface area (Å²) >= 11 is 0. The Morgan fingerprint density at radius 3 is 3.09 bits per heavy atom. The lowest BCUT2D eigenvalue weighted by Gasteiger charge is -2.28. The van der Waals surface area contributed by atoms with Crippen LogP contribution in [-0.4, -0.2) is 42.3 Å². The smallest absolute Gasteiger partial charge is 0.410 e. The number of benzene rings is 1. The molecule has 0 N–H and O–H groups in total. The average Bonchev–Trinajstić information content (AvgIpc) is 3.27. The topological polar surface area (TPSA) is 90.8 Å². The van der Waals surface area contributed by atoms with Crippen molar-refractivity contribution in [3.05, 3.63) is 46.3 Å². The normalized spacial score (nSPS) is 25.8. The number of ether oxygens (including phenoxy) is 2. The number of carbonyl (C=O) groups is 1. The minimum atomic E-state index is -0.335. The van der Waals surface area contributed by atoms with Crippen LogP contribution in [-0.2, 0) is 16.1 Å². The number of hydrogen-bond donors (Lipinski definition) is 0. The Hall–Kier alpha value is -2.24. The summed E-state index contributed by atoms with van der Waals surface area (Å²) in [4.78, 5) is 16.6. The van der Waals surface area contributed by atoms with E-state index in [2.05, 4.69) is 10.0 Å². The van der Waals surface area contributed by atoms with Crippen LogP contribution < -0.4 is 0 Å². The molecule has 2 heterocycles. The molecule has 1 aromatic carbocycles. The van der Waals surface area contributed by atoms with Crippen LogP contribution in [0, 0.1) is 0 Å². The van der Waals surface area contributed by atoms with E-state index >= 15 is 0 Å². The molecule has 116 valence electrons. The van der Waals surface area contributed by atoms with Crippen LogP contribution >= 0.6 is 0 Å². The molecule has 2 aliphatic heterocycles. The van der Waals surface area contributed by atoms with Gasteiger partial charge in [-0.2, -0.15) is 0 Å². The number of epoxide rings is 1. The molecule has 0 unspecified atom stereocenters. The average molecular weight is 302 g/mol. The third kappa shape index (κ3) is 3.16. The third-order valence-electron chi connectivity index (χ3n) is 4.19. The predicted octanol–water partition coefficient (Wildman–Crippen LogP) is 2.87. The summed E-state index contributed by atoms with van der Waals surface area (Å²) in [5.41, 5.74) is 8.97. The van der Waals surface area contributed by atoms with Gasteiger partial charge in [0, 0.05) is 18.0 Å². The Kier molecular flexibility index (Phi) is 4.18. The van der Waals surface area contributed by atoms with E-state index in [1.807, 2.05) is 30.3 Å². The van der Waals surface area contributed by atoms with Crippen molar-refractivity contribution in [1.29, 1.82) is 0 Å². The number of piperidine rings is 1. The molecular formula is C15H18N4O3. The Morgan fingerprint density at radius 1 is 1.50 bits per heavy atom. The van der Waals surface area contributed by atoms with Crippen molar-refractivity contribution in [1.82, 2.24) is 4.90 Å². The third-order valence-corrected chi connectivity index (χ3v) is 4.19. The minimum absolute atomic E-state index is 0.180. The van der Waals surface area contributed by atoms with E-state index in [0.29, 0.717) is 26.1 Å². The molecule has 1 amide bonds. The molecule has 2 atom stereocenters. The lowest BCUT2D eigenvalue weighted by molar-refractivity contribution is 0.0830. The molecule has 0 bridgehead atoms. The Balaban J connectivity index is 1.51. The van der Waals surface area contributed by atoms with Crippen LogP contribution in [0.15, 0.2) is 35.4 Å². The highest BCUT2D eigenvalue weighted by Crippen LogP contribution is 2.45. The first-order valence-corrected chi connectivity index (χ1v) is 7.38. The van der Waals surface area contributed by atoms with Crippen LogP contribution in [0.25, 0.3) is 10.4 Å². The summed E-state index contributed by atoms with van der Waals surface area (Å²) in [5, 5.41) is 3.55. The highest BCUT2D eigenvalue weighted by Gasteiger charge is 2.59. The van der Waals surface area contributed by atoms with Crippen LogP contribution in [0.1, 0.15) is 18.4 Å². The van der Waals surface area contributed by atoms with Crippen LogP contribution in [0.2, 0.25) is 0 Å². The van der Waals surface area contributed by atoms with Gasteiger partial charge in [-0.25, -0.2) is 4.79 Å². The van der Waals surface area contributed by atoms with E-state index in [0.717, 1.165) is 12.0 Å². The second-order valence-corrected chi connectivity index (χ2v) is 5.63. The zero-order valence-electron chi connectivity index (χ0n) is 12.2. The highest BCUT2D eigenvalue weighted by atomic mass is 16.6. The van der Waals surface area contributed by atoms with E-state index < -0.39 is 0 Å². The first-order valence-electron chi connectivity index (χ1n) is 7.38. The molecule has 0 aliphatic carbocycles. The summed E-state index contributed by atoms with van der Waals surface area (Å²) in [6.45, 7) is 1.81. The van der Waals surface area contributed by atoms with E-state index in [1.54, 1.807) is 4.90 Å². The molecule has 1 aromatic rings. The fraction of sp³-hybridized carbons (Fsp3) is 0.533. The SMILES string of the molecule is [N-]=[N+]=NCC[C@]12CN(C(=O)OCc3ccccc3)CC[C@H]1O2. The van der Waals surface area contributed by atoms with Crippen molar-refractivity contribution >= 4 is 6.09 Å². The van der Waals surface area contributed by atoms with Crippen molar-refractivity contribution in [2.45, 2.75) is 31.2 Å². The van der Waals surface area contributed by atoms with Gasteiger partial charge in [-0.1, -0.05) is 35.4 Å². The molecule has 0 spiro atoms. The molecule has 22 heavy (non-hydrogen) atoms. The summed E-state index contributed by atoms with van der Waals surface area (Å²) < 4.78 is 11.1. The summed E-state index contributed by atoms with van der Waals surface area (Å²) in [6, 6.07) is 9.60. The van der Waals surface area contributed by atoms with Crippen molar-refractivity contribution in [2.75, 3.05) is 19.6 Å². The quantitative estimate of drug-likeness (QED) is 0.362. The molecule has 3 rings (SSSR count). The fourth-order valence-electron chi connectivity index (χ4n) is 2.93. The van der Waals surface area contributed by atoms with Gasteiger partial charge in [0.05, 0.1) is 12.6 Å². The van der Waals surface area contributed by atoms with E-state index in [4.69, 9.17) is 15.0 Å². The van der Waals surface area contributed by atoms with Gasteiger partial charge in [0.15, 0.2) is 0 Å². The molecule has 7 heteroatoms. The number of azide groups is 1. The lowest BCUT2D eigenvalue weighted by atomic mass is 9.95. The number of carbonyl (C=O) groups excluding carboxylic acids is 1. The Labute approximate surface area is 128 Å². The second-order valence-electron chi connectivity index (χ2n) is 5.63. The standard InChI is InChI=1S/C15H18N4O3/c16-18-17-8-7-15-11-19(9-6-13(15)22-15)14(20)21-10-12-4-2-1-3-5-12/h1-5,13H,6-11H2/t13-,15+/m1/s1. The molecule has 0 radical (unpaired) electrons. The summed E-state index contributed by atoms with van der Waals surface area (Å²) in [6.07, 6.45) is 1.31. The Bertz CT molecular complexity index is 588. The second kappa shape index (κ2) is 6.25. The van der Waals surface area contributed by atoms with Gasteiger partial charge in [-0.05, 0) is 23.9 Å². The van der Waals surface area contributed by atoms with Gasteiger partial charge in [-0.3, -0.25) is 0 Å². The van der Waals surface area contributed by atoms with Gasteiger partial charge in [0.25, 0.3) is 0 Å². The van der Waals surface area contributed by atoms with Gasteiger partial charge < -0.3 is 14.4 Å². The van der Waals surface area contributed by atoms with E-state index in [1.165, 1.54) is 0 Å². The number of fused-ring (bicyclic) bond motifs is 1. The lowest BCUT2D eigenvalue weighted by Crippen LogP contribution is -2.45. The van der Waals surface area contributed by atoms with Gasteiger partial charge in [0.2, 0.25) is 0 Å². The van der Waals surface area contributed by atoms with Crippen LogP contribution in [0.4, 0.5) is 4.79 Å². The molecule has 0 saturated carbocycles. The number of amides is 1. The highest BCUT2D eigenvalue weighted by molar-refractivity contribution is 5.68. The molecule has 2 aliphatic rings. The van der Waals surface area contributed by atoms with E-state index in [-0.39, 0.29) is 24.4 Å². The molecular weight excluding hydrogens is 284 g/mol. The van der Waals surface area contributed by atoms with E-state index in [9.17, 15) is 4.79 Å². The predicted molar refractivity (Wildman–Crippen MR) is 79.1 cm³/mol. The zero-order valence-corrected chi connectivity index (χ0v) is 12.2. The monoisotopic (exact) mass is 302 g/mol. The number of likely N-dealkylation sites (tertiary alicyclic amines) is 1. The first kappa shape index (κ1) is 14.7. The van der Waals surface area contributed by atoms with Crippen molar-refractivity contribution in [2.24, 2.45) is 5.11 Å². The minimum Gasteiger partial charge on any atom is -0.445 e. The molecule has 7 nitrogen and oxygen atoms in total.